The number of hydrogen-bond donors (Lipinski definition) is 0. The number of morpholine rings is 1. The van der Waals surface area contributed by atoms with Crippen LogP contribution >= 0.6 is 0 Å². The second kappa shape index (κ2) is 8.05. The quantitative estimate of drug-likeness (QED) is 0.449. The molecule has 0 unspecified atom stereocenters. The minimum atomic E-state index is -0.714. The molecule has 3 aromatic heterocycles. The van der Waals surface area contributed by atoms with Crippen molar-refractivity contribution in [2.45, 2.75) is 44.9 Å². The van der Waals surface area contributed by atoms with Gasteiger partial charge in [-0.15, -0.1) is 0 Å². The summed E-state index contributed by atoms with van der Waals surface area (Å²) < 4.78 is 36.5. The Bertz CT molecular complexity index is 1390. The van der Waals surface area contributed by atoms with Crippen LogP contribution in [0.4, 0.5) is 14.7 Å². The largest absolute Gasteiger partial charge is 0.367 e. The predicted molar refractivity (Wildman–Crippen MR) is 121 cm³/mol. The summed E-state index contributed by atoms with van der Waals surface area (Å²) in [5.41, 5.74) is 2.84. The van der Waals surface area contributed by atoms with Gasteiger partial charge in [0.25, 0.3) is 0 Å². The van der Waals surface area contributed by atoms with Crippen molar-refractivity contribution < 1.29 is 13.5 Å². The number of halogens is 2. The normalized spacial score (nSPS) is 20.8. The lowest BCUT2D eigenvalue weighted by atomic mass is 10.1. The van der Waals surface area contributed by atoms with Gasteiger partial charge in [0, 0.05) is 36.1 Å². The van der Waals surface area contributed by atoms with Gasteiger partial charge < -0.3 is 9.64 Å². The third-order valence-electron chi connectivity index (χ3n) is 6.16. The summed E-state index contributed by atoms with van der Waals surface area (Å²) >= 11 is 0. The highest BCUT2D eigenvalue weighted by molar-refractivity contribution is 5.88. The van der Waals surface area contributed by atoms with Crippen molar-refractivity contribution in [3.05, 3.63) is 59.7 Å². The molecule has 0 spiro atoms. The molecule has 0 bridgehead atoms. The maximum atomic E-state index is 14.7. The van der Waals surface area contributed by atoms with Gasteiger partial charge in [-0.2, -0.15) is 10.1 Å². The van der Waals surface area contributed by atoms with Crippen molar-refractivity contribution in [3.63, 3.8) is 0 Å². The molecule has 34 heavy (non-hydrogen) atoms. The Morgan fingerprint density at radius 3 is 2.71 bits per heavy atom. The first kappa shape index (κ1) is 21.0. The maximum Gasteiger partial charge on any atom is 0.228 e. The Kier molecular flexibility index (Phi) is 4.98. The van der Waals surface area contributed by atoms with E-state index in [0.29, 0.717) is 41.9 Å². The van der Waals surface area contributed by atoms with Gasteiger partial charge in [0.05, 0.1) is 30.6 Å². The smallest absolute Gasteiger partial charge is 0.228 e. The van der Waals surface area contributed by atoms with Gasteiger partial charge in [-0.1, -0.05) is 0 Å². The number of rotatable bonds is 4. The molecule has 6 rings (SSSR count). The van der Waals surface area contributed by atoms with E-state index in [0.717, 1.165) is 24.5 Å². The monoisotopic (exact) mass is 463 g/mol. The fourth-order valence-corrected chi connectivity index (χ4v) is 4.35. The van der Waals surface area contributed by atoms with Gasteiger partial charge in [0.15, 0.2) is 5.65 Å². The highest BCUT2D eigenvalue weighted by atomic mass is 19.1. The predicted octanol–water partition coefficient (Wildman–Crippen LogP) is 4.17. The molecule has 4 aromatic rings. The number of ether oxygens (including phenoxy) is 1. The molecular weight excluding hydrogens is 440 g/mol. The summed E-state index contributed by atoms with van der Waals surface area (Å²) in [5, 5.41) is 4.49. The van der Waals surface area contributed by atoms with Crippen LogP contribution in [0, 0.1) is 18.6 Å². The number of hydrogen-bond acceptors (Lipinski definition) is 7. The van der Waals surface area contributed by atoms with Crippen LogP contribution < -0.4 is 4.90 Å². The maximum absolute atomic E-state index is 14.7. The fourth-order valence-electron chi connectivity index (χ4n) is 4.35. The Balaban J connectivity index is 1.41. The van der Waals surface area contributed by atoms with E-state index in [2.05, 4.69) is 20.1 Å². The Morgan fingerprint density at radius 1 is 1.06 bits per heavy atom. The zero-order chi connectivity index (χ0) is 23.4. The third kappa shape index (κ3) is 3.87. The Morgan fingerprint density at radius 2 is 1.91 bits per heavy atom. The highest BCUT2D eigenvalue weighted by Crippen LogP contribution is 2.36. The molecule has 0 radical (unpaired) electrons. The van der Waals surface area contributed by atoms with Crippen LogP contribution in [0.2, 0.25) is 0 Å². The molecule has 4 heterocycles. The average molecular weight is 463 g/mol. The van der Waals surface area contributed by atoms with Gasteiger partial charge >= 0.3 is 0 Å². The lowest BCUT2D eigenvalue weighted by Crippen LogP contribution is -2.43. The molecule has 2 atom stereocenters. The first-order valence-electron chi connectivity index (χ1n) is 11.4. The molecule has 2 fully saturated rings. The second-order valence-electron chi connectivity index (χ2n) is 9.01. The first-order chi connectivity index (χ1) is 16.4. The standard InChI is InChI=1S/C24H23F2N7O/c1-13-8-27-22-21(18-6-3-16(25)7-19(18)26)30-24(31-23(22)29-13)32-10-14(2)34-20(12-32)15-9-28-33(11-15)17-4-5-17/h3,6-9,11,14,17,20H,4-5,10,12H2,1-2H3/t14-,20-/m1/s1. The molecule has 10 heteroatoms. The van der Waals surface area contributed by atoms with E-state index in [1.807, 2.05) is 35.8 Å². The van der Waals surface area contributed by atoms with Gasteiger partial charge in [0.2, 0.25) is 5.95 Å². The van der Waals surface area contributed by atoms with E-state index in [1.165, 1.54) is 12.1 Å². The minimum Gasteiger partial charge on any atom is -0.367 e. The molecule has 1 aliphatic heterocycles. The summed E-state index contributed by atoms with van der Waals surface area (Å²) in [6.45, 7) is 4.88. The first-order valence-corrected chi connectivity index (χ1v) is 11.4. The lowest BCUT2D eigenvalue weighted by Gasteiger charge is -2.36. The number of aromatic nitrogens is 6. The number of fused-ring (bicyclic) bond motifs is 1. The summed E-state index contributed by atoms with van der Waals surface area (Å²) in [5.74, 6) is -0.965. The van der Waals surface area contributed by atoms with Gasteiger partial charge in [0.1, 0.15) is 28.9 Å². The van der Waals surface area contributed by atoms with Crippen molar-refractivity contribution in [1.82, 2.24) is 29.7 Å². The van der Waals surface area contributed by atoms with Crippen LogP contribution in [0.3, 0.4) is 0 Å². The zero-order valence-electron chi connectivity index (χ0n) is 18.8. The molecule has 1 aliphatic carbocycles. The minimum absolute atomic E-state index is 0.0862. The molecular formula is C24H23F2N7O. The summed E-state index contributed by atoms with van der Waals surface area (Å²) in [4.78, 5) is 20.3. The van der Waals surface area contributed by atoms with E-state index in [-0.39, 0.29) is 23.5 Å². The Hall–Kier alpha value is -3.53. The molecule has 1 saturated heterocycles. The van der Waals surface area contributed by atoms with Crippen LogP contribution in [0.1, 0.15) is 43.2 Å². The number of anilines is 1. The summed E-state index contributed by atoms with van der Waals surface area (Å²) in [6, 6.07) is 3.91. The van der Waals surface area contributed by atoms with Gasteiger partial charge in [-0.3, -0.25) is 4.68 Å². The lowest BCUT2D eigenvalue weighted by molar-refractivity contribution is -0.0178. The molecule has 0 N–H and O–H groups in total. The van der Waals surface area contributed by atoms with E-state index >= 15 is 0 Å². The Labute approximate surface area is 194 Å². The van der Waals surface area contributed by atoms with Crippen LogP contribution in [-0.4, -0.2) is 48.9 Å². The topological polar surface area (TPSA) is 81.9 Å². The number of benzene rings is 1. The van der Waals surface area contributed by atoms with E-state index in [1.54, 1.807) is 6.20 Å². The van der Waals surface area contributed by atoms with Crippen molar-refractivity contribution in [2.24, 2.45) is 0 Å². The van der Waals surface area contributed by atoms with Crippen LogP contribution in [-0.2, 0) is 4.74 Å². The number of nitrogens with zero attached hydrogens (tertiary/aromatic N) is 7. The molecule has 0 amide bonds. The SMILES string of the molecule is Cc1cnc2c(-c3ccc(F)cc3F)nc(N3C[C@@H](C)O[C@@H](c4cnn(C5CC5)c4)C3)nc2n1. The van der Waals surface area contributed by atoms with Crippen molar-refractivity contribution in [1.29, 1.82) is 0 Å². The third-order valence-corrected chi connectivity index (χ3v) is 6.16. The molecule has 174 valence electrons. The second-order valence-corrected chi connectivity index (χ2v) is 9.01. The summed E-state index contributed by atoms with van der Waals surface area (Å²) in [7, 11) is 0. The van der Waals surface area contributed by atoms with Crippen molar-refractivity contribution in [2.75, 3.05) is 18.0 Å². The van der Waals surface area contributed by atoms with E-state index < -0.39 is 11.6 Å². The summed E-state index contributed by atoms with van der Waals surface area (Å²) in [6.07, 6.45) is 7.51. The van der Waals surface area contributed by atoms with Crippen LogP contribution in [0.15, 0.2) is 36.8 Å². The number of aryl methyl sites for hydroxylation is 1. The average Bonchev–Trinajstić information content (AvgIpc) is 3.54. The molecule has 1 aromatic carbocycles. The van der Waals surface area contributed by atoms with E-state index in [9.17, 15) is 8.78 Å². The highest BCUT2D eigenvalue weighted by Gasteiger charge is 2.31. The van der Waals surface area contributed by atoms with Gasteiger partial charge in [-0.25, -0.2) is 23.7 Å². The van der Waals surface area contributed by atoms with E-state index in [4.69, 9.17) is 9.72 Å². The molecule has 8 nitrogen and oxygen atoms in total. The van der Waals surface area contributed by atoms with Crippen LogP contribution in [0.25, 0.3) is 22.4 Å². The zero-order valence-corrected chi connectivity index (χ0v) is 18.8. The van der Waals surface area contributed by atoms with Crippen molar-refractivity contribution >= 4 is 17.1 Å². The van der Waals surface area contributed by atoms with Crippen molar-refractivity contribution in [3.8, 4) is 11.3 Å². The molecule has 2 aliphatic rings. The fraction of sp³-hybridized carbons (Fsp3) is 0.375. The van der Waals surface area contributed by atoms with Crippen LogP contribution in [0.5, 0.6) is 0 Å². The van der Waals surface area contributed by atoms with Gasteiger partial charge in [-0.05, 0) is 38.8 Å². The molecule has 1 saturated carbocycles.